The summed E-state index contributed by atoms with van der Waals surface area (Å²) < 4.78 is 36.8. The van der Waals surface area contributed by atoms with Gasteiger partial charge in [0.2, 0.25) is 6.79 Å². The molecular weight excluding hydrogens is 354 g/mol. The van der Waals surface area contributed by atoms with E-state index in [1.807, 2.05) is 13.0 Å². The number of nitriles is 1. The summed E-state index contributed by atoms with van der Waals surface area (Å²) in [5.74, 6) is 0.297. The van der Waals surface area contributed by atoms with Gasteiger partial charge < -0.3 is 14.3 Å². The van der Waals surface area contributed by atoms with Crippen LogP contribution in [0.1, 0.15) is 17.0 Å². The summed E-state index contributed by atoms with van der Waals surface area (Å²) >= 11 is 0. The molecule has 3 atom stereocenters. The number of sulfone groups is 1. The van der Waals surface area contributed by atoms with Crippen molar-refractivity contribution in [2.75, 3.05) is 6.79 Å². The Bertz CT molecular complexity index is 1040. The summed E-state index contributed by atoms with van der Waals surface area (Å²) in [5, 5.41) is 8.48. The first-order valence-electron chi connectivity index (χ1n) is 8.02. The molecule has 2 aromatic rings. The van der Waals surface area contributed by atoms with Gasteiger partial charge >= 0.3 is 0 Å². The largest absolute Gasteiger partial charge is 0.454 e. The maximum absolute atomic E-state index is 13.1. The third-order valence-corrected chi connectivity index (χ3v) is 7.27. The molecule has 0 amide bonds. The average Bonchev–Trinajstić information content (AvgIpc) is 3.12. The van der Waals surface area contributed by atoms with Gasteiger partial charge in [-0.1, -0.05) is 23.8 Å². The second-order valence-corrected chi connectivity index (χ2v) is 8.60. The maximum Gasteiger partial charge on any atom is 0.231 e. The van der Waals surface area contributed by atoms with Gasteiger partial charge in [0.15, 0.2) is 21.3 Å². The van der Waals surface area contributed by atoms with Crippen LogP contribution in [-0.2, 0) is 14.6 Å². The van der Waals surface area contributed by atoms with Crippen molar-refractivity contribution in [1.29, 1.82) is 5.26 Å². The molecule has 1 saturated carbocycles. The standard InChI is InChI=1S/C19H15NO5S/c1-12-2-5-14(6-3-12)26(22,23)18-17(19(18,9-20)10-21)13-4-7-15-16(8-13)25-11-24-15/h2-8,10,17-18H,11H2,1H3/t17-,18+,19-/m0/s1. The third kappa shape index (κ3) is 2.22. The topological polar surface area (TPSA) is 93.5 Å². The molecule has 0 unspecified atom stereocenters. The van der Waals surface area contributed by atoms with E-state index in [1.165, 1.54) is 12.1 Å². The van der Waals surface area contributed by atoms with Crippen LogP contribution >= 0.6 is 0 Å². The van der Waals surface area contributed by atoms with Crippen molar-refractivity contribution in [3.05, 3.63) is 53.6 Å². The maximum atomic E-state index is 13.1. The van der Waals surface area contributed by atoms with Gasteiger partial charge in [-0.3, -0.25) is 0 Å². The molecule has 0 aromatic heterocycles. The zero-order valence-corrected chi connectivity index (χ0v) is 14.7. The van der Waals surface area contributed by atoms with E-state index in [0.717, 1.165) is 5.56 Å². The molecule has 0 N–H and O–H groups in total. The molecule has 4 rings (SSSR count). The highest BCUT2D eigenvalue weighted by Crippen LogP contribution is 2.63. The monoisotopic (exact) mass is 369 g/mol. The third-order valence-electron chi connectivity index (χ3n) is 5.01. The van der Waals surface area contributed by atoms with Crippen molar-refractivity contribution < 1.29 is 22.7 Å². The molecule has 1 aliphatic heterocycles. The lowest BCUT2D eigenvalue weighted by Gasteiger charge is -2.05. The quantitative estimate of drug-likeness (QED) is 0.768. The number of hydrogen-bond acceptors (Lipinski definition) is 6. The Balaban J connectivity index is 1.79. The average molecular weight is 369 g/mol. The summed E-state index contributed by atoms with van der Waals surface area (Å²) in [4.78, 5) is 11.8. The van der Waals surface area contributed by atoms with Crippen LogP contribution in [0.4, 0.5) is 0 Å². The molecule has 1 heterocycles. The molecule has 1 aliphatic carbocycles. The van der Waals surface area contributed by atoms with Crippen LogP contribution in [0.15, 0.2) is 47.4 Å². The van der Waals surface area contributed by atoms with E-state index < -0.39 is 26.4 Å². The zero-order valence-electron chi connectivity index (χ0n) is 13.9. The van der Waals surface area contributed by atoms with Gasteiger partial charge in [0.05, 0.1) is 11.0 Å². The van der Waals surface area contributed by atoms with Crippen LogP contribution in [0.5, 0.6) is 11.5 Å². The molecule has 0 radical (unpaired) electrons. The van der Waals surface area contributed by atoms with Crippen LogP contribution in [0.3, 0.4) is 0 Å². The van der Waals surface area contributed by atoms with Crippen LogP contribution in [0.2, 0.25) is 0 Å². The number of hydrogen-bond donors (Lipinski definition) is 0. The summed E-state index contributed by atoms with van der Waals surface area (Å²) in [6, 6.07) is 13.3. The lowest BCUT2D eigenvalue weighted by atomic mass is 10.0. The number of benzene rings is 2. The minimum Gasteiger partial charge on any atom is -0.454 e. The molecule has 1 fully saturated rings. The number of ether oxygens (including phenoxy) is 2. The van der Waals surface area contributed by atoms with Crippen LogP contribution < -0.4 is 9.47 Å². The van der Waals surface area contributed by atoms with Crippen LogP contribution in [0.25, 0.3) is 0 Å². The van der Waals surface area contributed by atoms with Gasteiger partial charge in [0.25, 0.3) is 0 Å². The Morgan fingerprint density at radius 3 is 2.50 bits per heavy atom. The van der Waals surface area contributed by atoms with E-state index in [1.54, 1.807) is 30.3 Å². The highest BCUT2D eigenvalue weighted by Gasteiger charge is 2.72. The molecule has 0 bridgehead atoms. The minimum atomic E-state index is -3.85. The molecule has 7 heteroatoms. The Hall–Kier alpha value is -2.85. The Morgan fingerprint density at radius 1 is 1.15 bits per heavy atom. The number of nitrogens with zero attached hydrogens (tertiary/aromatic N) is 1. The number of aryl methyl sites for hydroxylation is 1. The van der Waals surface area contributed by atoms with Gasteiger partial charge in [0.1, 0.15) is 17.0 Å². The van der Waals surface area contributed by atoms with E-state index in [9.17, 15) is 18.5 Å². The molecule has 132 valence electrons. The minimum absolute atomic E-state index is 0.0889. The van der Waals surface area contributed by atoms with Gasteiger partial charge in [-0.2, -0.15) is 5.26 Å². The predicted molar refractivity (Wildman–Crippen MR) is 91.6 cm³/mol. The van der Waals surface area contributed by atoms with Crippen molar-refractivity contribution in [2.24, 2.45) is 5.41 Å². The van der Waals surface area contributed by atoms with E-state index in [4.69, 9.17) is 9.47 Å². The fraction of sp³-hybridized carbons (Fsp3) is 0.263. The number of carbonyl (C=O) groups is 1. The van der Waals surface area contributed by atoms with E-state index in [-0.39, 0.29) is 11.7 Å². The van der Waals surface area contributed by atoms with Crippen molar-refractivity contribution in [2.45, 2.75) is 23.0 Å². The first-order valence-corrected chi connectivity index (χ1v) is 9.56. The SMILES string of the molecule is Cc1ccc(S(=O)(=O)[C@@H]2[C@H](c3ccc4c(c3)OCO4)[C@]2(C#N)C=O)cc1. The second-order valence-electron chi connectivity index (χ2n) is 6.53. The molecule has 2 aromatic carbocycles. The lowest BCUT2D eigenvalue weighted by molar-refractivity contribution is -0.110. The number of fused-ring (bicyclic) bond motifs is 1. The van der Waals surface area contributed by atoms with Gasteiger partial charge in [0, 0.05) is 5.92 Å². The van der Waals surface area contributed by atoms with E-state index >= 15 is 0 Å². The van der Waals surface area contributed by atoms with Crippen molar-refractivity contribution in [3.63, 3.8) is 0 Å². The first kappa shape index (κ1) is 16.6. The summed E-state index contributed by atoms with van der Waals surface area (Å²) in [6.07, 6.45) is 0.457. The number of rotatable bonds is 4. The highest BCUT2D eigenvalue weighted by atomic mass is 32.2. The molecule has 0 spiro atoms. The van der Waals surface area contributed by atoms with Gasteiger partial charge in [-0.05, 0) is 36.8 Å². The molecule has 2 aliphatic rings. The fourth-order valence-electron chi connectivity index (χ4n) is 3.54. The smallest absolute Gasteiger partial charge is 0.231 e. The van der Waals surface area contributed by atoms with E-state index in [0.29, 0.717) is 23.3 Å². The van der Waals surface area contributed by atoms with Crippen molar-refractivity contribution in [3.8, 4) is 17.6 Å². The summed E-state index contributed by atoms with van der Waals surface area (Å²) in [6.45, 7) is 1.94. The summed E-state index contributed by atoms with van der Waals surface area (Å²) in [5.41, 5.74) is -0.102. The zero-order chi connectivity index (χ0) is 18.5. The van der Waals surface area contributed by atoms with Gasteiger partial charge in [-0.15, -0.1) is 0 Å². The number of carbonyl (C=O) groups excluding carboxylic acids is 1. The predicted octanol–water partition coefficient (Wildman–Crippen LogP) is 2.37. The molecule has 26 heavy (non-hydrogen) atoms. The Kier molecular flexibility index (Phi) is 3.56. The highest BCUT2D eigenvalue weighted by molar-refractivity contribution is 7.92. The van der Waals surface area contributed by atoms with Crippen molar-refractivity contribution in [1.82, 2.24) is 0 Å². The summed E-state index contributed by atoms with van der Waals surface area (Å²) in [7, 11) is -3.85. The lowest BCUT2D eigenvalue weighted by Crippen LogP contribution is -2.16. The molecule has 0 saturated heterocycles. The fourth-order valence-corrected chi connectivity index (χ4v) is 5.78. The molecular formula is C19H15NO5S. The van der Waals surface area contributed by atoms with Crippen molar-refractivity contribution >= 4 is 16.1 Å². The van der Waals surface area contributed by atoms with Crippen LogP contribution in [-0.4, -0.2) is 26.7 Å². The second kappa shape index (κ2) is 5.58. The molecule has 6 nitrogen and oxygen atoms in total. The Labute approximate surface area is 150 Å². The Morgan fingerprint density at radius 2 is 1.85 bits per heavy atom. The van der Waals surface area contributed by atoms with Crippen LogP contribution in [0, 0.1) is 23.7 Å². The number of aldehydes is 1. The van der Waals surface area contributed by atoms with Gasteiger partial charge in [-0.25, -0.2) is 8.42 Å². The van der Waals surface area contributed by atoms with E-state index in [2.05, 4.69) is 0 Å². The first-order chi connectivity index (χ1) is 12.4. The normalized spacial score (nSPS) is 26.2.